The first-order valence-electron chi connectivity index (χ1n) is 4.57. The topological polar surface area (TPSA) is 35.2 Å². The van der Waals surface area contributed by atoms with Crippen LogP contribution in [0.5, 0.6) is 0 Å². The van der Waals surface area contributed by atoms with Gasteiger partial charge in [0, 0.05) is 11.6 Å². The molecule has 0 fully saturated rings. The molecule has 0 aliphatic heterocycles. The van der Waals surface area contributed by atoms with Gasteiger partial charge in [0.1, 0.15) is 0 Å². The van der Waals surface area contributed by atoms with E-state index in [4.69, 9.17) is 17.3 Å². The molecule has 0 aliphatic carbocycles. The molecular weight excluding hydrogens is 243 g/mol. The Morgan fingerprint density at radius 1 is 1.31 bits per heavy atom. The van der Waals surface area contributed by atoms with Crippen LogP contribution in [0.4, 0.5) is 13.2 Å². The fourth-order valence-corrected chi connectivity index (χ4v) is 1.29. The number of benzene rings is 1. The normalized spacial score (nSPS) is 13.8. The molecule has 0 aliphatic rings. The third-order valence-corrected chi connectivity index (χ3v) is 2.35. The number of halogens is 4. The Morgan fingerprint density at radius 3 is 2.44 bits per heavy atom. The second kappa shape index (κ2) is 5.52. The van der Waals surface area contributed by atoms with Crippen molar-refractivity contribution in [2.45, 2.75) is 18.9 Å². The molecule has 0 amide bonds. The highest BCUT2D eigenvalue weighted by molar-refractivity contribution is 6.31. The average molecular weight is 254 g/mol. The van der Waals surface area contributed by atoms with Crippen molar-refractivity contribution in [2.24, 2.45) is 5.73 Å². The predicted molar refractivity (Wildman–Crippen MR) is 55.1 cm³/mol. The molecule has 0 saturated carbocycles. The number of rotatable bonds is 4. The Labute approximate surface area is 96.1 Å². The van der Waals surface area contributed by atoms with Gasteiger partial charge in [-0.3, -0.25) is 0 Å². The van der Waals surface area contributed by atoms with E-state index in [-0.39, 0.29) is 6.61 Å². The molecule has 0 saturated heterocycles. The minimum absolute atomic E-state index is 0.207. The highest BCUT2D eigenvalue weighted by Gasteiger charge is 2.39. The maximum Gasteiger partial charge on any atom is 0.415 e. The van der Waals surface area contributed by atoms with Crippen molar-refractivity contribution < 1.29 is 17.9 Å². The van der Waals surface area contributed by atoms with Crippen LogP contribution in [0, 0.1) is 0 Å². The predicted octanol–water partition coefficient (Wildman–Crippen LogP) is 2.75. The molecule has 2 N–H and O–H groups in total. The Hall–Kier alpha value is -0.780. The first-order chi connectivity index (χ1) is 7.45. The summed E-state index contributed by atoms with van der Waals surface area (Å²) in [7, 11) is 0. The minimum atomic E-state index is -4.45. The summed E-state index contributed by atoms with van der Waals surface area (Å²) in [5.74, 6) is 0. The summed E-state index contributed by atoms with van der Waals surface area (Å²) in [6, 6.07) is 6.56. The van der Waals surface area contributed by atoms with Crippen LogP contribution in [-0.4, -0.2) is 18.8 Å². The third-order valence-electron chi connectivity index (χ3n) is 1.98. The van der Waals surface area contributed by atoms with Crippen molar-refractivity contribution in [1.29, 1.82) is 0 Å². The van der Waals surface area contributed by atoms with E-state index in [1.807, 2.05) is 0 Å². The van der Waals surface area contributed by atoms with Gasteiger partial charge in [0.05, 0.1) is 6.61 Å². The lowest BCUT2D eigenvalue weighted by atomic mass is 10.2. The van der Waals surface area contributed by atoms with Crippen molar-refractivity contribution in [3.8, 4) is 0 Å². The number of ether oxygens (including phenoxy) is 1. The van der Waals surface area contributed by atoms with Crippen molar-refractivity contribution in [1.82, 2.24) is 0 Å². The quantitative estimate of drug-likeness (QED) is 0.896. The van der Waals surface area contributed by atoms with Gasteiger partial charge in [-0.2, -0.15) is 13.2 Å². The lowest BCUT2D eigenvalue weighted by molar-refractivity contribution is -0.219. The van der Waals surface area contributed by atoms with Gasteiger partial charge in [0.2, 0.25) is 0 Å². The molecule has 0 heterocycles. The summed E-state index contributed by atoms with van der Waals surface area (Å²) in [5, 5.41) is 0.375. The number of nitrogens with two attached hydrogens (primary N) is 1. The second-order valence-electron chi connectivity index (χ2n) is 3.17. The summed E-state index contributed by atoms with van der Waals surface area (Å²) in [4.78, 5) is 0. The maximum atomic E-state index is 12.3. The molecule has 90 valence electrons. The first-order valence-corrected chi connectivity index (χ1v) is 4.94. The number of hydrogen-bond acceptors (Lipinski definition) is 2. The summed E-state index contributed by atoms with van der Waals surface area (Å²) in [5.41, 5.74) is 5.49. The van der Waals surface area contributed by atoms with Crippen LogP contribution in [0.3, 0.4) is 0 Å². The van der Waals surface area contributed by atoms with E-state index in [0.717, 1.165) is 0 Å². The number of alkyl halides is 3. The van der Waals surface area contributed by atoms with Crippen LogP contribution in [0.1, 0.15) is 5.56 Å². The number of hydrogen-bond donors (Lipinski definition) is 1. The van der Waals surface area contributed by atoms with Crippen LogP contribution in [0.15, 0.2) is 24.3 Å². The van der Waals surface area contributed by atoms with Crippen LogP contribution >= 0.6 is 11.6 Å². The van der Waals surface area contributed by atoms with E-state index >= 15 is 0 Å². The van der Waals surface area contributed by atoms with E-state index in [0.29, 0.717) is 10.6 Å². The smallest absolute Gasteiger partial charge is 0.363 e. The lowest BCUT2D eigenvalue weighted by Crippen LogP contribution is -2.38. The lowest BCUT2D eigenvalue weighted by Gasteiger charge is -2.19. The van der Waals surface area contributed by atoms with E-state index < -0.39 is 18.8 Å². The van der Waals surface area contributed by atoms with E-state index in [1.54, 1.807) is 24.3 Å². The van der Waals surface area contributed by atoms with Crippen LogP contribution in [0.25, 0.3) is 0 Å². The molecule has 1 aromatic carbocycles. The zero-order valence-electron chi connectivity index (χ0n) is 8.30. The Morgan fingerprint density at radius 2 is 1.94 bits per heavy atom. The summed E-state index contributed by atoms with van der Waals surface area (Å²) >= 11 is 5.77. The van der Waals surface area contributed by atoms with Crippen molar-refractivity contribution in [3.63, 3.8) is 0 Å². The molecule has 1 aromatic rings. The van der Waals surface area contributed by atoms with Crippen molar-refractivity contribution >= 4 is 11.6 Å². The fourth-order valence-electron chi connectivity index (χ4n) is 1.10. The zero-order valence-corrected chi connectivity index (χ0v) is 9.05. The molecule has 0 bridgehead atoms. The van der Waals surface area contributed by atoms with Gasteiger partial charge in [0.15, 0.2) is 6.10 Å². The Bertz CT molecular complexity index is 343. The van der Waals surface area contributed by atoms with E-state index in [2.05, 4.69) is 4.74 Å². The molecule has 0 spiro atoms. The molecule has 1 rings (SSSR count). The van der Waals surface area contributed by atoms with Crippen LogP contribution < -0.4 is 5.73 Å². The zero-order chi connectivity index (χ0) is 12.2. The van der Waals surface area contributed by atoms with Gasteiger partial charge in [-0.1, -0.05) is 29.8 Å². The summed E-state index contributed by atoms with van der Waals surface area (Å²) < 4.78 is 41.5. The molecule has 16 heavy (non-hydrogen) atoms. The summed E-state index contributed by atoms with van der Waals surface area (Å²) in [6.45, 7) is -0.811. The third kappa shape index (κ3) is 3.66. The van der Waals surface area contributed by atoms with Crippen LogP contribution in [0.2, 0.25) is 5.02 Å². The maximum absolute atomic E-state index is 12.3. The standard InChI is InChI=1S/C10H11ClF3NO/c11-8-4-2-1-3-7(8)6-16-9(5-15)10(12,13)14/h1-4,9H,5-6,15H2. The van der Waals surface area contributed by atoms with Gasteiger partial charge in [-0.25, -0.2) is 0 Å². The van der Waals surface area contributed by atoms with Gasteiger partial charge in [-0.15, -0.1) is 0 Å². The molecule has 0 aromatic heterocycles. The van der Waals surface area contributed by atoms with E-state index in [9.17, 15) is 13.2 Å². The minimum Gasteiger partial charge on any atom is -0.363 e. The Balaban J connectivity index is 2.60. The highest BCUT2D eigenvalue weighted by Crippen LogP contribution is 2.24. The average Bonchev–Trinajstić information content (AvgIpc) is 2.19. The fraction of sp³-hybridized carbons (Fsp3) is 0.400. The molecule has 1 unspecified atom stereocenters. The monoisotopic (exact) mass is 253 g/mol. The Kier molecular flexibility index (Phi) is 4.58. The van der Waals surface area contributed by atoms with Gasteiger partial charge in [-0.05, 0) is 11.6 Å². The van der Waals surface area contributed by atoms with Crippen molar-refractivity contribution in [2.75, 3.05) is 6.54 Å². The van der Waals surface area contributed by atoms with Crippen LogP contribution in [-0.2, 0) is 11.3 Å². The molecular formula is C10H11ClF3NO. The molecule has 2 nitrogen and oxygen atoms in total. The largest absolute Gasteiger partial charge is 0.415 e. The second-order valence-corrected chi connectivity index (χ2v) is 3.58. The molecule has 0 radical (unpaired) electrons. The van der Waals surface area contributed by atoms with Gasteiger partial charge >= 0.3 is 6.18 Å². The van der Waals surface area contributed by atoms with Gasteiger partial charge in [0.25, 0.3) is 0 Å². The highest BCUT2D eigenvalue weighted by atomic mass is 35.5. The van der Waals surface area contributed by atoms with Crippen molar-refractivity contribution in [3.05, 3.63) is 34.9 Å². The van der Waals surface area contributed by atoms with E-state index in [1.165, 1.54) is 0 Å². The molecule has 6 heteroatoms. The summed E-state index contributed by atoms with van der Waals surface area (Å²) in [6.07, 6.45) is -6.40. The van der Waals surface area contributed by atoms with Gasteiger partial charge < -0.3 is 10.5 Å². The molecule has 1 atom stereocenters. The first kappa shape index (κ1) is 13.3. The SMILES string of the molecule is NCC(OCc1ccccc1Cl)C(F)(F)F.